The number of esters is 1. The summed E-state index contributed by atoms with van der Waals surface area (Å²) in [5.74, 6) is -8.59. The van der Waals surface area contributed by atoms with Gasteiger partial charge in [0.2, 0.25) is 53.2 Å². The Morgan fingerprint density at radius 2 is 0.891 bits per heavy atom. The van der Waals surface area contributed by atoms with Crippen molar-refractivity contribution >= 4 is 82.2 Å². The molecule has 0 bridgehead atoms. The summed E-state index contributed by atoms with van der Waals surface area (Å²) in [6.45, 7) is 30.0. The number of nitrogens with zero attached hydrogens (tertiary/aromatic N) is 5. The highest BCUT2D eigenvalue weighted by Gasteiger charge is 2.45. The van der Waals surface area contributed by atoms with Crippen LogP contribution in [0.2, 0.25) is 0 Å². The first-order valence-electron chi connectivity index (χ1n) is 32.4. The standard InChI is InChI=1S/C67H115N11O13S/c1-24-25-29-43(14)56(80)55(61(85)73-53(46(17)79)66(90)91-23)78(22)65(89)54(42(12)13)77(21)64(88)49(33-38(4)5)72-59(83)51(35-40(8)9)74(18)62(86)45(16)69-57(81)44(15)68-58(82)50(34-39(6)7)75(19)63(87)48(32-37(2)3)71-60(84)52(36-41(10)11)76(20)67(92)70-47-30-27-26-28-31-47/h24-28,30-31,37-46,48-56,79-80H,29,32-36H2,1-23H3,(H,68,82)(H,69,81)(H,70,92)(H,71,84)(H,72,83)(H,73,85)/b25-24+/t43-,44+,45-,46-,48+,49+,50+,51+,52+,53+,54+,55+,56-/m1/s1. The van der Waals surface area contributed by atoms with E-state index in [4.69, 9.17) is 17.0 Å². The number of aliphatic hydroxyl groups excluding tert-OH is 2. The van der Waals surface area contributed by atoms with E-state index in [9.17, 15) is 58.2 Å². The molecule has 0 aliphatic carbocycles. The summed E-state index contributed by atoms with van der Waals surface area (Å²) in [5, 5.41) is 39.3. The quantitative estimate of drug-likeness (QED) is 0.0251. The van der Waals surface area contributed by atoms with Gasteiger partial charge < -0.3 is 71.4 Å². The second kappa shape index (κ2) is 39.7. The van der Waals surface area contributed by atoms with E-state index in [2.05, 4.69) is 31.9 Å². The number of rotatable bonds is 37. The van der Waals surface area contributed by atoms with E-state index in [1.165, 1.54) is 63.7 Å². The Hall–Kier alpha value is -6.73. The van der Waals surface area contributed by atoms with Crippen molar-refractivity contribution in [2.24, 2.45) is 41.4 Å². The molecule has 9 amide bonds. The van der Waals surface area contributed by atoms with Gasteiger partial charge in [0.05, 0.1) is 19.3 Å². The van der Waals surface area contributed by atoms with Gasteiger partial charge >= 0.3 is 5.97 Å². The monoisotopic (exact) mass is 1310 g/mol. The highest BCUT2D eigenvalue weighted by Crippen LogP contribution is 2.24. The van der Waals surface area contributed by atoms with E-state index in [0.717, 1.165) is 17.7 Å². The molecule has 1 aromatic carbocycles. The maximum atomic E-state index is 14.8. The predicted molar refractivity (Wildman–Crippen MR) is 362 cm³/mol. The predicted octanol–water partition coefficient (Wildman–Crippen LogP) is 4.86. The van der Waals surface area contributed by atoms with Crippen LogP contribution in [0, 0.1) is 41.4 Å². The molecule has 1 aromatic rings. The number of likely N-dealkylation sites (N-methyl/N-ethyl adjacent to an activating group) is 5. The Morgan fingerprint density at radius 3 is 1.30 bits per heavy atom. The summed E-state index contributed by atoms with van der Waals surface area (Å²) in [6, 6.07) is -2.85. The van der Waals surface area contributed by atoms with E-state index in [1.54, 1.807) is 51.8 Å². The summed E-state index contributed by atoms with van der Waals surface area (Å²) >= 11 is 5.73. The molecule has 522 valence electrons. The number of amides is 9. The number of aliphatic hydroxyl groups is 2. The van der Waals surface area contributed by atoms with Gasteiger partial charge in [-0.05, 0) is 132 Å². The molecule has 0 radical (unpaired) electrons. The summed E-state index contributed by atoms with van der Waals surface area (Å²) in [6.07, 6.45) is 2.06. The largest absolute Gasteiger partial charge is 0.467 e. The first kappa shape index (κ1) is 83.3. The molecule has 0 fully saturated rings. The number of benzene rings is 1. The van der Waals surface area contributed by atoms with Gasteiger partial charge in [-0.15, -0.1) is 0 Å². The molecule has 0 unspecified atom stereocenters. The van der Waals surface area contributed by atoms with Crippen LogP contribution in [0.1, 0.15) is 156 Å². The lowest BCUT2D eigenvalue weighted by Gasteiger charge is -2.40. The van der Waals surface area contributed by atoms with Gasteiger partial charge in [0.1, 0.15) is 54.4 Å². The zero-order valence-electron chi connectivity index (χ0n) is 59.3. The topological polar surface area (TPSA) is 309 Å². The Balaban J connectivity index is 3.52. The van der Waals surface area contributed by atoms with E-state index in [-0.39, 0.29) is 55.3 Å². The Bertz CT molecular complexity index is 2620. The van der Waals surface area contributed by atoms with Gasteiger partial charge in [0.25, 0.3) is 0 Å². The van der Waals surface area contributed by atoms with Crippen molar-refractivity contribution in [1.82, 2.24) is 51.1 Å². The van der Waals surface area contributed by atoms with E-state index in [1.807, 2.05) is 99.6 Å². The normalized spacial score (nSPS) is 15.9. The lowest BCUT2D eigenvalue weighted by atomic mass is 9.91. The van der Waals surface area contributed by atoms with Gasteiger partial charge in [0, 0.05) is 40.9 Å². The van der Waals surface area contributed by atoms with E-state index >= 15 is 0 Å². The minimum absolute atomic E-state index is 0.0447. The Labute approximate surface area is 554 Å². The number of anilines is 1. The maximum absolute atomic E-state index is 14.8. The molecule has 0 aliphatic heterocycles. The summed E-state index contributed by atoms with van der Waals surface area (Å²) in [5.41, 5.74) is 0.748. The number of methoxy groups -OCH3 is 1. The van der Waals surface area contributed by atoms with E-state index < -0.39 is 144 Å². The number of allylic oxidation sites excluding steroid dienone is 2. The third-order valence-corrected chi connectivity index (χ3v) is 16.5. The molecule has 0 spiro atoms. The van der Waals surface area contributed by atoms with Crippen molar-refractivity contribution in [2.45, 2.75) is 229 Å². The minimum atomic E-state index is -1.62. The zero-order valence-corrected chi connectivity index (χ0v) is 60.1. The number of hydrogen-bond donors (Lipinski definition) is 8. The summed E-state index contributed by atoms with van der Waals surface area (Å²) in [7, 11) is 8.40. The molecule has 8 N–H and O–H groups in total. The average molecular weight is 1310 g/mol. The van der Waals surface area contributed by atoms with Crippen LogP contribution < -0.4 is 31.9 Å². The van der Waals surface area contributed by atoms with Crippen molar-refractivity contribution in [3.05, 3.63) is 42.5 Å². The molecule has 0 aromatic heterocycles. The smallest absolute Gasteiger partial charge is 0.331 e. The van der Waals surface area contributed by atoms with Crippen molar-refractivity contribution in [1.29, 1.82) is 0 Å². The van der Waals surface area contributed by atoms with Crippen molar-refractivity contribution in [3.63, 3.8) is 0 Å². The average Bonchev–Trinajstić information content (AvgIpc) is 0.859. The zero-order chi connectivity index (χ0) is 70.9. The molecule has 25 heteroatoms. The van der Waals surface area contributed by atoms with Crippen molar-refractivity contribution in [2.75, 3.05) is 47.7 Å². The maximum Gasteiger partial charge on any atom is 0.331 e. The number of thiocarbonyl (C=S) groups is 1. The number of ether oxygens (including phenoxy) is 1. The summed E-state index contributed by atoms with van der Waals surface area (Å²) in [4.78, 5) is 149. The van der Waals surface area contributed by atoms with Crippen LogP contribution in [0.3, 0.4) is 0 Å². The lowest BCUT2D eigenvalue weighted by Crippen LogP contribution is -2.63. The second-order valence-corrected chi connectivity index (χ2v) is 27.5. The lowest BCUT2D eigenvalue weighted by molar-refractivity contribution is -0.156. The Morgan fingerprint density at radius 1 is 0.489 bits per heavy atom. The number of para-hydroxylation sites is 1. The fourth-order valence-corrected chi connectivity index (χ4v) is 11.1. The molecular formula is C67H115N11O13S. The van der Waals surface area contributed by atoms with Gasteiger partial charge in [-0.2, -0.15) is 0 Å². The third-order valence-electron chi connectivity index (χ3n) is 16.1. The van der Waals surface area contributed by atoms with Crippen LogP contribution in [0.4, 0.5) is 5.69 Å². The minimum Gasteiger partial charge on any atom is -0.467 e. The molecule has 0 heterocycles. The molecule has 0 aliphatic rings. The van der Waals surface area contributed by atoms with Gasteiger partial charge in [-0.25, -0.2) is 4.79 Å². The van der Waals surface area contributed by atoms with Crippen LogP contribution in [0.25, 0.3) is 0 Å². The molecule has 24 nitrogen and oxygen atoms in total. The van der Waals surface area contributed by atoms with Crippen molar-refractivity contribution in [3.8, 4) is 0 Å². The molecule has 0 saturated heterocycles. The Kier molecular flexibility index (Phi) is 36.0. The molecule has 1 rings (SSSR count). The van der Waals surface area contributed by atoms with Crippen LogP contribution in [0.5, 0.6) is 0 Å². The van der Waals surface area contributed by atoms with Crippen LogP contribution in [-0.2, 0) is 52.7 Å². The molecule has 0 saturated carbocycles. The third kappa shape index (κ3) is 26.0. The second-order valence-electron chi connectivity index (χ2n) is 27.1. The van der Waals surface area contributed by atoms with Gasteiger partial charge in [-0.1, -0.05) is 120 Å². The molecular weight excluding hydrogens is 1200 g/mol. The first-order valence-corrected chi connectivity index (χ1v) is 32.8. The number of carbonyl (C=O) groups excluding carboxylic acids is 10. The van der Waals surface area contributed by atoms with Crippen molar-refractivity contribution < 1.29 is 62.9 Å². The first-order chi connectivity index (χ1) is 42.7. The fraction of sp³-hybridized carbons (Fsp3) is 0.716. The SMILES string of the molecule is C/C=C/C[C@@H](C)[C@@H](O)[C@@H](C(=O)N[C@H](C(=O)OC)[C@@H](C)O)N(C)C(=O)[C@H](C(C)C)N(C)C(=O)[C@H](CC(C)C)NC(=O)[C@H](CC(C)C)N(C)C(=O)[C@@H](C)NC(=O)[C@H](C)NC(=O)[C@H](CC(C)C)N(C)C(=O)[C@H](CC(C)C)NC(=O)[C@H](CC(C)C)N(C)C(=S)Nc1ccccc1. The fourth-order valence-electron chi connectivity index (χ4n) is 10.8. The number of hydrogen-bond acceptors (Lipinski definition) is 14. The molecule has 92 heavy (non-hydrogen) atoms. The van der Waals surface area contributed by atoms with Gasteiger partial charge in [0.15, 0.2) is 11.2 Å². The molecule has 13 atom stereocenters. The number of carbonyl (C=O) groups is 10. The van der Waals surface area contributed by atoms with E-state index in [0.29, 0.717) is 18.0 Å². The highest BCUT2D eigenvalue weighted by atomic mass is 32.1. The summed E-state index contributed by atoms with van der Waals surface area (Å²) < 4.78 is 4.79. The van der Waals surface area contributed by atoms with Crippen LogP contribution in [0.15, 0.2) is 42.5 Å². The number of nitrogens with one attached hydrogen (secondary N) is 6. The van der Waals surface area contributed by atoms with Gasteiger partial charge in [-0.3, -0.25) is 43.2 Å². The highest BCUT2D eigenvalue weighted by molar-refractivity contribution is 7.80. The van der Waals surface area contributed by atoms with Crippen LogP contribution in [-0.4, -0.2) is 214 Å². The van der Waals surface area contributed by atoms with Crippen LogP contribution >= 0.6 is 12.2 Å².